The van der Waals surface area contributed by atoms with E-state index < -0.39 is 23.5 Å². The minimum absolute atomic E-state index is 0.0798. The summed E-state index contributed by atoms with van der Waals surface area (Å²) in [5.41, 5.74) is 2.74. The molecule has 0 saturated heterocycles. The van der Waals surface area contributed by atoms with Gasteiger partial charge < -0.3 is 14.7 Å². The van der Waals surface area contributed by atoms with Crippen LogP contribution in [0.5, 0.6) is 0 Å². The SMILES string of the molecule is CN(C(=O)c1nonc1NC(=O)OCC1c2ccccc2-c2ccccc21)C1(C(=O)O)CCCC1. The van der Waals surface area contributed by atoms with Crippen LogP contribution in [0.1, 0.15) is 53.2 Å². The highest BCUT2D eigenvalue weighted by molar-refractivity contribution is 6.01. The predicted octanol–water partition coefficient (Wildman–Crippen LogP) is 3.90. The average molecular weight is 476 g/mol. The quantitative estimate of drug-likeness (QED) is 0.547. The van der Waals surface area contributed by atoms with E-state index in [1.54, 1.807) is 0 Å². The van der Waals surface area contributed by atoms with E-state index >= 15 is 0 Å². The number of carboxylic acid groups (broad SMARTS) is 1. The molecule has 2 N–H and O–H groups in total. The summed E-state index contributed by atoms with van der Waals surface area (Å²) in [7, 11) is 1.41. The Hall–Kier alpha value is -4.21. The first-order chi connectivity index (χ1) is 16.9. The van der Waals surface area contributed by atoms with E-state index in [0.29, 0.717) is 25.7 Å². The first-order valence-corrected chi connectivity index (χ1v) is 11.4. The van der Waals surface area contributed by atoms with Crippen LogP contribution in [0, 0.1) is 0 Å². The van der Waals surface area contributed by atoms with Gasteiger partial charge in [-0.25, -0.2) is 14.2 Å². The highest BCUT2D eigenvalue weighted by Gasteiger charge is 2.48. The summed E-state index contributed by atoms with van der Waals surface area (Å²) in [5, 5.41) is 19.4. The van der Waals surface area contributed by atoms with E-state index in [2.05, 4.69) is 20.3 Å². The molecule has 0 unspecified atom stereocenters. The number of nitrogens with zero attached hydrogens (tertiary/aromatic N) is 3. The van der Waals surface area contributed by atoms with E-state index in [0.717, 1.165) is 27.2 Å². The lowest BCUT2D eigenvalue weighted by molar-refractivity contribution is -0.148. The van der Waals surface area contributed by atoms with Gasteiger partial charge in [0.25, 0.3) is 5.91 Å². The zero-order valence-corrected chi connectivity index (χ0v) is 19.1. The van der Waals surface area contributed by atoms with E-state index in [1.165, 1.54) is 7.05 Å². The van der Waals surface area contributed by atoms with Crippen LogP contribution >= 0.6 is 0 Å². The molecule has 1 heterocycles. The van der Waals surface area contributed by atoms with Gasteiger partial charge in [-0.05, 0) is 45.4 Å². The van der Waals surface area contributed by atoms with Crippen molar-refractivity contribution in [3.05, 3.63) is 65.4 Å². The van der Waals surface area contributed by atoms with E-state index in [-0.39, 0.29) is 24.0 Å². The number of carbonyl (C=O) groups is 3. The van der Waals surface area contributed by atoms with Crippen LogP contribution in [0.25, 0.3) is 11.1 Å². The number of nitrogens with one attached hydrogen (secondary N) is 1. The van der Waals surface area contributed by atoms with Crippen molar-refractivity contribution in [2.24, 2.45) is 0 Å². The van der Waals surface area contributed by atoms with Crippen molar-refractivity contribution < 1.29 is 28.9 Å². The molecule has 0 spiro atoms. The maximum absolute atomic E-state index is 13.1. The second-order valence-electron chi connectivity index (χ2n) is 8.82. The molecule has 0 aliphatic heterocycles. The average Bonchev–Trinajstić information content (AvgIpc) is 3.60. The summed E-state index contributed by atoms with van der Waals surface area (Å²) < 4.78 is 10.2. The number of likely N-dealkylation sites (N-methyl/N-ethyl adjacent to an activating group) is 1. The lowest BCUT2D eigenvalue weighted by atomic mass is 9.95. The highest BCUT2D eigenvalue weighted by atomic mass is 16.6. The molecule has 2 aromatic carbocycles. The zero-order chi connectivity index (χ0) is 24.6. The normalized spacial score (nSPS) is 15.8. The maximum atomic E-state index is 13.1. The summed E-state index contributed by atoms with van der Waals surface area (Å²) >= 11 is 0. The number of benzene rings is 2. The Kier molecular flexibility index (Phi) is 5.72. The Bertz CT molecular complexity index is 1250. The zero-order valence-electron chi connectivity index (χ0n) is 19.1. The molecule has 0 bridgehead atoms. The Morgan fingerprint density at radius 1 is 1.06 bits per heavy atom. The number of fused-ring (bicyclic) bond motifs is 3. The fourth-order valence-electron chi connectivity index (χ4n) is 5.15. The van der Waals surface area contributed by atoms with Crippen LogP contribution in [0.15, 0.2) is 53.2 Å². The number of hydrogen-bond donors (Lipinski definition) is 2. The Labute approximate surface area is 200 Å². The van der Waals surface area contributed by atoms with Crippen LogP contribution in [0.2, 0.25) is 0 Å². The van der Waals surface area contributed by atoms with Crippen molar-refractivity contribution in [1.29, 1.82) is 0 Å². The minimum atomic E-state index is -1.32. The molecule has 2 amide bonds. The van der Waals surface area contributed by atoms with E-state index in [4.69, 9.17) is 4.74 Å². The molecule has 5 rings (SSSR count). The van der Waals surface area contributed by atoms with Crippen molar-refractivity contribution in [3.63, 3.8) is 0 Å². The monoisotopic (exact) mass is 476 g/mol. The van der Waals surface area contributed by atoms with E-state index in [9.17, 15) is 19.5 Å². The fourth-order valence-corrected chi connectivity index (χ4v) is 5.15. The highest BCUT2D eigenvalue weighted by Crippen LogP contribution is 2.44. The lowest BCUT2D eigenvalue weighted by Gasteiger charge is -2.34. The molecule has 35 heavy (non-hydrogen) atoms. The molecule has 0 atom stereocenters. The number of amides is 2. The van der Waals surface area contributed by atoms with Gasteiger partial charge in [-0.2, -0.15) is 0 Å². The Balaban J connectivity index is 1.28. The molecule has 0 radical (unpaired) electrons. The lowest BCUT2D eigenvalue weighted by Crippen LogP contribution is -2.53. The number of aliphatic carboxylic acids is 1. The number of anilines is 1. The van der Waals surface area contributed by atoms with Crippen LogP contribution in [-0.2, 0) is 9.53 Å². The van der Waals surface area contributed by atoms with Crippen LogP contribution in [-0.4, -0.2) is 57.5 Å². The predicted molar refractivity (Wildman–Crippen MR) is 124 cm³/mol. The number of hydrogen-bond acceptors (Lipinski definition) is 7. The first kappa shape index (κ1) is 22.6. The summed E-state index contributed by atoms with van der Waals surface area (Å²) in [6, 6.07) is 15.9. The molecule has 10 heteroatoms. The molecular formula is C25H24N4O6. The number of aromatic nitrogens is 2. The molecule has 180 valence electrons. The molecule has 2 aliphatic carbocycles. The van der Waals surface area contributed by atoms with E-state index in [1.807, 2.05) is 48.5 Å². The molecule has 10 nitrogen and oxygen atoms in total. The van der Waals surface area contributed by atoms with Crippen molar-refractivity contribution in [3.8, 4) is 11.1 Å². The third-order valence-corrected chi connectivity index (χ3v) is 7.03. The first-order valence-electron chi connectivity index (χ1n) is 11.4. The maximum Gasteiger partial charge on any atom is 0.412 e. The molecule has 1 aromatic heterocycles. The fraction of sp³-hybridized carbons (Fsp3) is 0.320. The van der Waals surface area contributed by atoms with Crippen LogP contribution in [0.3, 0.4) is 0 Å². The molecular weight excluding hydrogens is 452 g/mol. The number of carboxylic acids is 1. The summed E-state index contributed by atoms with van der Waals surface area (Å²) in [6.07, 6.45) is 1.25. The Morgan fingerprint density at radius 3 is 2.26 bits per heavy atom. The molecule has 1 saturated carbocycles. The second-order valence-corrected chi connectivity index (χ2v) is 8.82. The topological polar surface area (TPSA) is 135 Å². The van der Waals surface area contributed by atoms with Gasteiger partial charge in [0, 0.05) is 13.0 Å². The van der Waals surface area contributed by atoms with Gasteiger partial charge in [0.05, 0.1) is 0 Å². The van der Waals surface area contributed by atoms with Crippen molar-refractivity contribution in [1.82, 2.24) is 15.2 Å². The summed E-state index contributed by atoms with van der Waals surface area (Å²) in [4.78, 5) is 38.7. The van der Waals surface area contributed by atoms with Gasteiger partial charge >= 0.3 is 12.1 Å². The standard InChI is InChI=1S/C25H24N4O6/c1-29(25(23(31)32)12-6-7-13-25)22(30)20-21(28-35-27-20)26-24(33)34-14-19-17-10-4-2-8-15(17)16-9-3-5-11-18(16)19/h2-5,8-11,19H,6-7,12-14H2,1H3,(H,31,32)(H,26,28,33). The Morgan fingerprint density at radius 2 is 1.66 bits per heavy atom. The number of rotatable bonds is 6. The molecule has 2 aliphatic rings. The number of ether oxygens (including phenoxy) is 1. The van der Waals surface area contributed by atoms with Crippen LogP contribution < -0.4 is 5.32 Å². The smallest absolute Gasteiger partial charge is 0.412 e. The third kappa shape index (κ3) is 3.80. The van der Waals surface area contributed by atoms with Crippen molar-refractivity contribution >= 4 is 23.8 Å². The largest absolute Gasteiger partial charge is 0.479 e. The van der Waals surface area contributed by atoms with Gasteiger partial charge in [0.1, 0.15) is 12.1 Å². The minimum Gasteiger partial charge on any atom is -0.479 e. The second kappa shape index (κ2) is 8.86. The molecule has 3 aromatic rings. The van der Waals surface area contributed by atoms with Gasteiger partial charge in [-0.15, -0.1) is 0 Å². The van der Waals surface area contributed by atoms with Crippen molar-refractivity contribution in [2.75, 3.05) is 19.0 Å². The summed E-state index contributed by atoms with van der Waals surface area (Å²) in [5.74, 6) is -2.14. The number of carbonyl (C=O) groups excluding carboxylic acids is 2. The van der Waals surface area contributed by atoms with Gasteiger partial charge in [0.2, 0.25) is 11.5 Å². The van der Waals surface area contributed by atoms with Gasteiger partial charge in [-0.1, -0.05) is 61.4 Å². The van der Waals surface area contributed by atoms with Gasteiger partial charge in [0.15, 0.2) is 0 Å². The van der Waals surface area contributed by atoms with Crippen molar-refractivity contribution in [2.45, 2.75) is 37.1 Å². The molecule has 1 fully saturated rings. The third-order valence-electron chi connectivity index (χ3n) is 7.03. The van der Waals surface area contributed by atoms with Crippen LogP contribution in [0.4, 0.5) is 10.6 Å². The summed E-state index contributed by atoms with van der Waals surface area (Å²) in [6.45, 7) is 0.0798. The van der Waals surface area contributed by atoms with Gasteiger partial charge in [-0.3, -0.25) is 10.1 Å².